The highest BCUT2D eigenvalue weighted by Crippen LogP contribution is 2.44. The molecule has 6 nitrogen and oxygen atoms in total. The Morgan fingerprint density at radius 3 is 1.58 bits per heavy atom. The van der Waals surface area contributed by atoms with Gasteiger partial charge in [0.05, 0.1) is 5.54 Å². The molecule has 1 aliphatic rings. The van der Waals surface area contributed by atoms with E-state index in [-0.39, 0.29) is 23.7 Å². The molecule has 0 bridgehead atoms. The molecule has 0 saturated heterocycles. The van der Waals surface area contributed by atoms with E-state index < -0.39 is 16.6 Å². The number of hydrogen-bond acceptors (Lipinski definition) is 5. The van der Waals surface area contributed by atoms with Crippen molar-refractivity contribution in [2.45, 2.75) is 43.8 Å². The topological polar surface area (TPSA) is 101 Å². The number of allylic oxidation sites excluding steroid dienone is 2. The summed E-state index contributed by atoms with van der Waals surface area (Å²) in [5, 5.41) is 30.0. The number of nitrogens with one attached hydrogen (secondary N) is 3. The molecule has 1 aliphatic heterocycles. The predicted octanol–water partition coefficient (Wildman–Crippen LogP) is 4.58. The summed E-state index contributed by atoms with van der Waals surface area (Å²) < 4.78 is 0. The SMILES string of the molecule is CC(C)(C)NC(=O)C1(c2ccccc2)CC(c2ccccc2)(c2ccccc2)NC(C#N)=C(C#N)N1. The lowest BCUT2D eigenvalue weighted by Crippen LogP contribution is -2.60. The molecular formula is C30H29N5O. The van der Waals surface area contributed by atoms with Crippen LogP contribution in [-0.2, 0) is 15.9 Å². The number of rotatable bonds is 4. The zero-order chi connectivity index (χ0) is 25.8. The zero-order valence-electron chi connectivity index (χ0n) is 20.7. The third-order valence-corrected chi connectivity index (χ3v) is 6.36. The van der Waals surface area contributed by atoms with Gasteiger partial charge in [-0.3, -0.25) is 4.79 Å². The fourth-order valence-corrected chi connectivity index (χ4v) is 4.78. The maximum absolute atomic E-state index is 14.3. The number of nitrogens with zero attached hydrogens (tertiary/aromatic N) is 2. The quantitative estimate of drug-likeness (QED) is 0.513. The zero-order valence-corrected chi connectivity index (χ0v) is 20.7. The van der Waals surface area contributed by atoms with Gasteiger partial charge in [0.25, 0.3) is 5.91 Å². The predicted molar refractivity (Wildman–Crippen MR) is 139 cm³/mol. The van der Waals surface area contributed by atoms with Crippen molar-refractivity contribution in [3.05, 3.63) is 119 Å². The summed E-state index contributed by atoms with van der Waals surface area (Å²) in [6, 6.07) is 33.2. The Morgan fingerprint density at radius 1 is 0.750 bits per heavy atom. The number of nitriles is 2. The van der Waals surface area contributed by atoms with Crippen LogP contribution in [0.5, 0.6) is 0 Å². The van der Waals surface area contributed by atoms with E-state index in [1.807, 2.05) is 112 Å². The summed E-state index contributed by atoms with van der Waals surface area (Å²) in [7, 11) is 0. The molecule has 0 radical (unpaired) electrons. The number of hydrogen-bond donors (Lipinski definition) is 3. The molecule has 0 aliphatic carbocycles. The van der Waals surface area contributed by atoms with Crippen molar-refractivity contribution in [2.75, 3.05) is 0 Å². The van der Waals surface area contributed by atoms with Gasteiger partial charge >= 0.3 is 0 Å². The van der Waals surface area contributed by atoms with E-state index in [0.717, 1.165) is 11.1 Å². The lowest BCUT2D eigenvalue weighted by atomic mass is 9.70. The van der Waals surface area contributed by atoms with Gasteiger partial charge < -0.3 is 16.0 Å². The number of amides is 1. The monoisotopic (exact) mass is 475 g/mol. The molecule has 3 aromatic rings. The Labute approximate surface area is 212 Å². The van der Waals surface area contributed by atoms with Gasteiger partial charge in [-0.25, -0.2) is 0 Å². The van der Waals surface area contributed by atoms with Gasteiger partial charge in [-0.1, -0.05) is 91.0 Å². The molecule has 3 N–H and O–H groups in total. The maximum Gasteiger partial charge on any atom is 0.250 e. The van der Waals surface area contributed by atoms with Crippen LogP contribution in [0.25, 0.3) is 0 Å². The molecule has 0 saturated carbocycles. The van der Waals surface area contributed by atoms with Crippen LogP contribution in [0, 0.1) is 22.7 Å². The van der Waals surface area contributed by atoms with Crippen LogP contribution < -0.4 is 16.0 Å². The molecule has 1 atom stereocenters. The molecule has 36 heavy (non-hydrogen) atoms. The average molecular weight is 476 g/mol. The normalized spacial score (nSPS) is 19.0. The van der Waals surface area contributed by atoms with Crippen LogP contribution in [0.2, 0.25) is 0 Å². The molecule has 1 heterocycles. The number of benzene rings is 3. The lowest BCUT2D eigenvalue weighted by Gasteiger charge is -2.43. The van der Waals surface area contributed by atoms with Crippen molar-refractivity contribution in [1.29, 1.82) is 10.5 Å². The first-order valence-corrected chi connectivity index (χ1v) is 11.8. The second kappa shape index (κ2) is 9.60. The highest BCUT2D eigenvalue weighted by Gasteiger charge is 2.52. The molecule has 0 spiro atoms. The van der Waals surface area contributed by atoms with E-state index in [1.54, 1.807) is 0 Å². The molecule has 1 amide bonds. The number of carbonyl (C=O) groups is 1. The second-order valence-electron chi connectivity index (χ2n) is 10.0. The molecular weight excluding hydrogens is 446 g/mol. The van der Waals surface area contributed by atoms with Crippen LogP contribution in [0.15, 0.2) is 102 Å². The van der Waals surface area contributed by atoms with Crippen LogP contribution in [-0.4, -0.2) is 11.4 Å². The highest BCUT2D eigenvalue weighted by molar-refractivity contribution is 5.89. The first-order chi connectivity index (χ1) is 17.2. The lowest BCUT2D eigenvalue weighted by molar-refractivity contribution is -0.130. The summed E-state index contributed by atoms with van der Waals surface area (Å²) in [5.41, 5.74) is -0.400. The van der Waals surface area contributed by atoms with Gasteiger partial charge in [-0.15, -0.1) is 0 Å². The first-order valence-electron chi connectivity index (χ1n) is 11.8. The van der Waals surface area contributed by atoms with E-state index in [1.165, 1.54) is 0 Å². The molecule has 6 heteroatoms. The van der Waals surface area contributed by atoms with Gasteiger partial charge in [0, 0.05) is 12.0 Å². The highest BCUT2D eigenvalue weighted by atomic mass is 16.2. The van der Waals surface area contributed by atoms with Crippen molar-refractivity contribution in [3.63, 3.8) is 0 Å². The summed E-state index contributed by atoms with van der Waals surface area (Å²) in [4.78, 5) is 14.3. The van der Waals surface area contributed by atoms with Gasteiger partial charge in [-0.2, -0.15) is 10.5 Å². The minimum absolute atomic E-state index is 0.0131. The van der Waals surface area contributed by atoms with Crippen molar-refractivity contribution in [2.24, 2.45) is 0 Å². The molecule has 4 rings (SSSR count). The van der Waals surface area contributed by atoms with Crippen molar-refractivity contribution >= 4 is 5.91 Å². The largest absolute Gasteiger partial charge is 0.361 e. The third-order valence-electron chi connectivity index (χ3n) is 6.36. The standard InChI is InChI=1S/C30H29N5O/c1-28(2,3)35-27(36)30(24-17-11-6-12-18-24)21-29(22-13-7-4-8-14-22,23-15-9-5-10-16-23)33-25(19-31)26(20-32)34-30/h4-18,33-34H,21H2,1-3H3,(H,35,36). The van der Waals surface area contributed by atoms with Gasteiger partial charge in [0.15, 0.2) is 0 Å². The second-order valence-corrected chi connectivity index (χ2v) is 10.0. The smallest absolute Gasteiger partial charge is 0.250 e. The maximum atomic E-state index is 14.3. The summed E-state index contributed by atoms with van der Waals surface area (Å²) in [6.07, 6.45) is 0.191. The van der Waals surface area contributed by atoms with Gasteiger partial charge in [0.1, 0.15) is 29.1 Å². The Morgan fingerprint density at radius 2 is 1.17 bits per heavy atom. The molecule has 0 fully saturated rings. The summed E-state index contributed by atoms with van der Waals surface area (Å²) in [5.74, 6) is -0.286. The van der Waals surface area contributed by atoms with E-state index in [9.17, 15) is 15.3 Å². The minimum Gasteiger partial charge on any atom is -0.361 e. The third kappa shape index (κ3) is 4.54. The van der Waals surface area contributed by atoms with Crippen molar-refractivity contribution < 1.29 is 4.79 Å². The summed E-state index contributed by atoms with van der Waals surface area (Å²) in [6.45, 7) is 5.76. The van der Waals surface area contributed by atoms with Crippen LogP contribution >= 0.6 is 0 Å². The fraction of sp³-hybridized carbons (Fsp3) is 0.233. The van der Waals surface area contributed by atoms with Gasteiger partial charge in [0.2, 0.25) is 0 Å². The van der Waals surface area contributed by atoms with Crippen molar-refractivity contribution in [3.8, 4) is 12.1 Å². The van der Waals surface area contributed by atoms with E-state index in [4.69, 9.17) is 0 Å². The summed E-state index contributed by atoms with van der Waals surface area (Å²) >= 11 is 0. The van der Waals surface area contributed by atoms with Crippen LogP contribution in [0.3, 0.4) is 0 Å². The van der Waals surface area contributed by atoms with E-state index >= 15 is 0 Å². The van der Waals surface area contributed by atoms with Crippen molar-refractivity contribution in [1.82, 2.24) is 16.0 Å². The fourth-order valence-electron chi connectivity index (χ4n) is 4.78. The van der Waals surface area contributed by atoms with Crippen LogP contribution in [0.1, 0.15) is 43.9 Å². The number of carbonyl (C=O) groups excluding carboxylic acids is 1. The Hall–Kier alpha value is -4.55. The molecule has 0 aromatic heterocycles. The van der Waals surface area contributed by atoms with E-state index in [2.05, 4.69) is 28.1 Å². The van der Waals surface area contributed by atoms with Gasteiger partial charge in [-0.05, 0) is 37.5 Å². The Kier molecular flexibility index (Phi) is 6.55. The first kappa shape index (κ1) is 24.6. The molecule has 180 valence electrons. The molecule has 1 unspecified atom stereocenters. The average Bonchev–Trinajstić information content (AvgIpc) is 3.05. The molecule has 3 aromatic carbocycles. The Bertz CT molecular complexity index is 1310. The van der Waals surface area contributed by atoms with E-state index in [0.29, 0.717) is 5.56 Å². The Balaban J connectivity index is 2.10. The van der Waals surface area contributed by atoms with Crippen LogP contribution in [0.4, 0.5) is 0 Å². The minimum atomic E-state index is -1.38.